The topological polar surface area (TPSA) is 49.3 Å². The summed E-state index contributed by atoms with van der Waals surface area (Å²) in [5.74, 6) is 0.953. The molecule has 17 heavy (non-hydrogen) atoms. The van der Waals surface area contributed by atoms with Crippen molar-refractivity contribution in [1.29, 1.82) is 0 Å². The van der Waals surface area contributed by atoms with Gasteiger partial charge in [0, 0.05) is 6.54 Å². The molecule has 0 aromatic heterocycles. The van der Waals surface area contributed by atoms with E-state index in [-0.39, 0.29) is 11.7 Å². The second-order valence-corrected chi connectivity index (χ2v) is 4.73. The zero-order valence-corrected chi connectivity index (χ0v) is 10.6. The summed E-state index contributed by atoms with van der Waals surface area (Å²) >= 11 is 0. The molecule has 1 aromatic carbocycles. The molecule has 3 nitrogen and oxygen atoms in total. The fourth-order valence-corrected chi connectivity index (χ4v) is 1.60. The summed E-state index contributed by atoms with van der Waals surface area (Å²) < 4.78 is 0. The molecule has 0 fully saturated rings. The average molecular weight is 235 g/mol. The van der Waals surface area contributed by atoms with Gasteiger partial charge in [-0.25, -0.2) is 0 Å². The van der Waals surface area contributed by atoms with Crippen molar-refractivity contribution in [2.45, 2.75) is 33.1 Å². The first kappa shape index (κ1) is 13.6. The van der Waals surface area contributed by atoms with Crippen LogP contribution in [0.4, 0.5) is 0 Å². The molecule has 1 aromatic rings. The number of phenolic OH excluding ortho intramolecular Hbond substituents is 1. The van der Waals surface area contributed by atoms with Crippen molar-refractivity contribution in [3.05, 3.63) is 29.8 Å². The number of benzene rings is 1. The summed E-state index contributed by atoms with van der Waals surface area (Å²) in [5.41, 5.74) is 0.921. The van der Waals surface area contributed by atoms with Crippen LogP contribution in [-0.2, 0) is 11.2 Å². The Hall–Kier alpha value is -1.51. The molecule has 0 bridgehead atoms. The molecule has 0 aliphatic heterocycles. The standard InChI is InChI=1S/C14H21NO2/c1-11(2)4-3-9-15-14(17)10-12-5-7-13(16)8-6-12/h5-8,11,16H,3-4,9-10H2,1-2H3,(H,15,17). The van der Waals surface area contributed by atoms with Crippen LogP contribution in [0.2, 0.25) is 0 Å². The van der Waals surface area contributed by atoms with Gasteiger partial charge in [-0.3, -0.25) is 4.79 Å². The fourth-order valence-electron chi connectivity index (χ4n) is 1.60. The molecule has 0 radical (unpaired) electrons. The maximum atomic E-state index is 11.6. The van der Waals surface area contributed by atoms with Gasteiger partial charge < -0.3 is 10.4 Å². The molecule has 3 heteroatoms. The second kappa shape index (κ2) is 6.94. The molecule has 0 atom stereocenters. The Morgan fingerprint density at radius 2 is 1.94 bits per heavy atom. The quantitative estimate of drug-likeness (QED) is 0.744. The summed E-state index contributed by atoms with van der Waals surface area (Å²) in [6.07, 6.45) is 2.54. The van der Waals surface area contributed by atoms with E-state index in [2.05, 4.69) is 19.2 Å². The number of aromatic hydroxyl groups is 1. The highest BCUT2D eigenvalue weighted by Crippen LogP contribution is 2.10. The molecule has 2 N–H and O–H groups in total. The second-order valence-electron chi connectivity index (χ2n) is 4.73. The highest BCUT2D eigenvalue weighted by atomic mass is 16.3. The molecule has 0 unspecified atom stereocenters. The average Bonchev–Trinajstić information content (AvgIpc) is 2.27. The largest absolute Gasteiger partial charge is 0.508 e. The number of amides is 1. The van der Waals surface area contributed by atoms with Crippen LogP contribution in [-0.4, -0.2) is 17.6 Å². The molecular formula is C14H21NO2. The third-order valence-corrected chi connectivity index (χ3v) is 2.58. The van der Waals surface area contributed by atoms with Gasteiger partial charge in [-0.1, -0.05) is 26.0 Å². The van der Waals surface area contributed by atoms with Crippen molar-refractivity contribution < 1.29 is 9.90 Å². The first-order chi connectivity index (χ1) is 8.08. The number of phenols is 1. The first-order valence-corrected chi connectivity index (χ1v) is 6.12. The lowest BCUT2D eigenvalue weighted by molar-refractivity contribution is -0.120. The molecule has 0 saturated carbocycles. The summed E-state index contributed by atoms with van der Waals surface area (Å²) in [4.78, 5) is 11.6. The lowest BCUT2D eigenvalue weighted by Crippen LogP contribution is -2.26. The van der Waals surface area contributed by atoms with Crippen LogP contribution in [0, 0.1) is 5.92 Å². The van der Waals surface area contributed by atoms with Crippen LogP contribution < -0.4 is 5.32 Å². The van der Waals surface area contributed by atoms with Crippen molar-refractivity contribution in [2.75, 3.05) is 6.54 Å². The molecule has 0 heterocycles. The molecule has 0 spiro atoms. The van der Waals surface area contributed by atoms with Crippen LogP contribution >= 0.6 is 0 Å². The summed E-state index contributed by atoms with van der Waals surface area (Å²) in [6, 6.07) is 6.73. The van der Waals surface area contributed by atoms with Gasteiger partial charge in [-0.15, -0.1) is 0 Å². The maximum Gasteiger partial charge on any atom is 0.224 e. The highest BCUT2D eigenvalue weighted by Gasteiger charge is 2.03. The van der Waals surface area contributed by atoms with Crippen molar-refractivity contribution in [1.82, 2.24) is 5.32 Å². The van der Waals surface area contributed by atoms with E-state index in [1.54, 1.807) is 24.3 Å². The van der Waals surface area contributed by atoms with Gasteiger partial charge in [0.1, 0.15) is 5.75 Å². The predicted molar refractivity (Wildman–Crippen MR) is 68.9 cm³/mol. The van der Waals surface area contributed by atoms with E-state index in [1.807, 2.05) is 0 Å². The van der Waals surface area contributed by atoms with E-state index in [4.69, 9.17) is 5.11 Å². The third kappa shape index (κ3) is 5.95. The van der Waals surface area contributed by atoms with Crippen LogP contribution in [0.3, 0.4) is 0 Å². The van der Waals surface area contributed by atoms with Gasteiger partial charge in [-0.2, -0.15) is 0 Å². The Morgan fingerprint density at radius 1 is 1.29 bits per heavy atom. The first-order valence-electron chi connectivity index (χ1n) is 6.12. The van der Waals surface area contributed by atoms with E-state index < -0.39 is 0 Å². The smallest absolute Gasteiger partial charge is 0.224 e. The molecule has 1 amide bonds. The lowest BCUT2D eigenvalue weighted by Gasteiger charge is -2.07. The van der Waals surface area contributed by atoms with E-state index >= 15 is 0 Å². The molecule has 94 valence electrons. The number of hydrogen-bond donors (Lipinski definition) is 2. The number of nitrogens with one attached hydrogen (secondary N) is 1. The van der Waals surface area contributed by atoms with Gasteiger partial charge in [-0.05, 0) is 36.5 Å². The molecule has 0 aliphatic rings. The Balaban J connectivity index is 2.23. The Morgan fingerprint density at radius 3 is 2.53 bits per heavy atom. The molecule has 0 saturated heterocycles. The Kier molecular flexibility index (Phi) is 5.53. The van der Waals surface area contributed by atoms with Gasteiger partial charge in [0.15, 0.2) is 0 Å². The highest BCUT2D eigenvalue weighted by molar-refractivity contribution is 5.78. The molecule has 0 aliphatic carbocycles. The van der Waals surface area contributed by atoms with Gasteiger partial charge in [0.25, 0.3) is 0 Å². The van der Waals surface area contributed by atoms with Crippen molar-refractivity contribution in [3.8, 4) is 5.75 Å². The SMILES string of the molecule is CC(C)CCCNC(=O)Cc1ccc(O)cc1. The number of carbonyl (C=O) groups excluding carboxylic acids is 1. The molecule has 1 rings (SSSR count). The van der Waals surface area contributed by atoms with E-state index in [9.17, 15) is 4.79 Å². The minimum atomic E-state index is 0.0412. The van der Waals surface area contributed by atoms with E-state index in [0.717, 1.165) is 24.9 Å². The fraction of sp³-hybridized carbons (Fsp3) is 0.500. The van der Waals surface area contributed by atoms with Crippen LogP contribution in [0.25, 0.3) is 0 Å². The van der Waals surface area contributed by atoms with Crippen LogP contribution in [0.5, 0.6) is 5.75 Å². The Labute approximate surface area is 103 Å². The Bertz CT molecular complexity index is 344. The maximum absolute atomic E-state index is 11.6. The zero-order chi connectivity index (χ0) is 12.7. The lowest BCUT2D eigenvalue weighted by atomic mass is 10.1. The predicted octanol–water partition coefficient (Wildman–Crippen LogP) is 2.49. The monoisotopic (exact) mass is 235 g/mol. The van der Waals surface area contributed by atoms with Gasteiger partial charge >= 0.3 is 0 Å². The van der Waals surface area contributed by atoms with Crippen LogP contribution in [0.15, 0.2) is 24.3 Å². The minimum Gasteiger partial charge on any atom is -0.508 e. The minimum absolute atomic E-state index is 0.0412. The number of hydrogen-bond acceptors (Lipinski definition) is 2. The summed E-state index contributed by atoms with van der Waals surface area (Å²) in [5, 5.41) is 12.0. The van der Waals surface area contributed by atoms with Crippen LogP contribution in [0.1, 0.15) is 32.3 Å². The van der Waals surface area contributed by atoms with Crippen molar-refractivity contribution >= 4 is 5.91 Å². The van der Waals surface area contributed by atoms with Crippen molar-refractivity contribution in [3.63, 3.8) is 0 Å². The zero-order valence-electron chi connectivity index (χ0n) is 10.6. The number of carbonyl (C=O) groups is 1. The van der Waals surface area contributed by atoms with Crippen molar-refractivity contribution in [2.24, 2.45) is 5.92 Å². The molecular weight excluding hydrogens is 214 g/mol. The number of rotatable bonds is 6. The van der Waals surface area contributed by atoms with Gasteiger partial charge in [0.2, 0.25) is 5.91 Å². The summed E-state index contributed by atoms with van der Waals surface area (Å²) in [6.45, 7) is 5.10. The van der Waals surface area contributed by atoms with E-state index in [1.165, 1.54) is 0 Å². The van der Waals surface area contributed by atoms with E-state index in [0.29, 0.717) is 12.3 Å². The normalized spacial score (nSPS) is 10.5. The summed E-state index contributed by atoms with van der Waals surface area (Å²) in [7, 11) is 0. The van der Waals surface area contributed by atoms with Gasteiger partial charge in [0.05, 0.1) is 6.42 Å². The third-order valence-electron chi connectivity index (χ3n) is 2.58.